The van der Waals surface area contributed by atoms with Crippen molar-refractivity contribution in [2.75, 3.05) is 24.8 Å². The zero-order chi connectivity index (χ0) is 14.5. The number of ether oxygens (including phenoxy) is 1. The standard InChI is InChI=1S/C14H16N4O2/c1-9-5-4-6-10(7-9)13(19)18-14-16-11(15-2)8-12(17-14)20-3/h4-8H,1-3H3,(H2,15,16,17,18,19). The van der Waals surface area contributed by atoms with Crippen LogP contribution in [0.3, 0.4) is 0 Å². The Hall–Kier alpha value is -2.63. The predicted octanol–water partition coefficient (Wildman–Crippen LogP) is 2.09. The molecular formula is C14H16N4O2. The van der Waals surface area contributed by atoms with Crippen LogP contribution in [0.15, 0.2) is 30.3 Å². The molecule has 0 aliphatic heterocycles. The summed E-state index contributed by atoms with van der Waals surface area (Å²) in [5.74, 6) is 0.879. The SMILES string of the molecule is CNc1cc(OC)nc(NC(=O)c2cccc(C)c2)n1. The van der Waals surface area contributed by atoms with Gasteiger partial charge in [-0.15, -0.1) is 0 Å². The molecule has 2 aromatic rings. The molecule has 1 amide bonds. The number of rotatable bonds is 4. The van der Waals surface area contributed by atoms with E-state index < -0.39 is 0 Å². The Morgan fingerprint density at radius 2 is 2.05 bits per heavy atom. The highest BCUT2D eigenvalue weighted by Gasteiger charge is 2.10. The Kier molecular flexibility index (Phi) is 4.14. The average molecular weight is 272 g/mol. The van der Waals surface area contributed by atoms with E-state index in [0.29, 0.717) is 17.3 Å². The molecule has 0 fully saturated rings. The van der Waals surface area contributed by atoms with Crippen molar-refractivity contribution >= 4 is 17.7 Å². The van der Waals surface area contributed by atoms with Gasteiger partial charge >= 0.3 is 0 Å². The smallest absolute Gasteiger partial charge is 0.258 e. The molecule has 0 aliphatic rings. The minimum atomic E-state index is -0.260. The minimum absolute atomic E-state index is 0.195. The fourth-order valence-electron chi connectivity index (χ4n) is 1.67. The molecule has 0 spiro atoms. The number of methoxy groups -OCH3 is 1. The summed E-state index contributed by atoms with van der Waals surface area (Å²) < 4.78 is 5.06. The molecule has 6 nitrogen and oxygen atoms in total. The van der Waals surface area contributed by atoms with E-state index in [1.54, 1.807) is 25.2 Å². The first-order valence-electron chi connectivity index (χ1n) is 6.11. The highest BCUT2D eigenvalue weighted by atomic mass is 16.5. The number of nitrogens with one attached hydrogen (secondary N) is 2. The molecule has 2 N–H and O–H groups in total. The third kappa shape index (κ3) is 3.23. The maximum absolute atomic E-state index is 12.1. The molecule has 0 aliphatic carbocycles. The summed E-state index contributed by atoms with van der Waals surface area (Å²) in [5, 5.41) is 5.54. The summed E-state index contributed by atoms with van der Waals surface area (Å²) in [6.45, 7) is 1.93. The lowest BCUT2D eigenvalue weighted by atomic mass is 10.1. The van der Waals surface area contributed by atoms with Crippen LogP contribution in [0.1, 0.15) is 15.9 Å². The van der Waals surface area contributed by atoms with Gasteiger partial charge in [0.05, 0.1) is 7.11 Å². The summed E-state index contributed by atoms with van der Waals surface area (Å²) in [7, 11) is 3.24. The molecule has 0 radical (unpaired) electrons. The molecule has 2 rings (SSSR count). The molecule has 1 aromatic carbocycles. The Morgan fingerprint density at radius 3 is 2.70 bits per heavy atom. The second-order valence-corrected chi connectivity index (χ2v) is 4.19. The van der Waals surface area contributed by atoms with Gasteiger partial charge < -0.3 is 10.1 Å². The van der Waals surface area contributed by atoms with Crippen molar-refractivity contribution in [3.63, 3.8) is 0 Å². The number of amides is 1. The van der Waals surface area contributed by atoms with Gasteiger partial charge in [0.1, 0.15) is 5.82 Å². The number of nitrogens with zero attached hydrogens (tertiary/aromatic N) is 2. The van der Waals surface area contributed by atoms with Crippen LogP contribution in [-0.2, 0) is 0 Å². The van der Waals surface area contributed by atoms with Gasteiger partial charge in [-0.1, -0.05) is 17.7 Å². The summed E-state index contributed by atoms with van der Waals surface area (Å²) in [6, 6.07) is 8.94. The highest BCUT2D eigenvalue weighted by Crippen LogP contribution is 2.16. The van der Waals surface area contributed by atoms with E-state index in [2.05, 4.69) is 20.6 Å². The molecule has 0 saturated carbocycles. The number of benzene rings is 1. The molecule has 20 heavy (non-hydrogen) atoms. The summed E-state index contributed by atoms with van der Waals surface area (Å²) >= 11 is 0. The lowest BCUT2D eigenvalue weighted by Gasteiger charge is -2.08. The third-order valence-electron chi connectivity index (χ3n) is 2.67. The van der Waals surface area contributed by atoms with Crippen molar-refractivity contribution in [1.82, 2.24) is 9.97 Å². The number of carbonyl (C=O) groups is 1. The van der Waals surface area contributed by atoms with Crippen LogP contribution in [0.25, 0.3) is 0 Å². The predicted molar refractivity (Wildman–Crippen MR) is 77.3 cm³/mol. The zero-order valence-corrected chi connectivity index (χ0v) is 11.6. The molecule has 0 atom stereocenters. The number of aryl methyl sites for hydroxylation is 1. The first-order chi connectivity index (χ1) is 9.62. The van der Waals surface area contributed by atoms with E-state index in [9.17, 15) is 4.79 Å². The van der Waals surface area contributed by atoms with Crippen molar-refractivity contribution < 1.29 is 9.53 Å². The quantitative estimate of drug-likeness (QED) is 0.891. The molecular weight excluding hydrogens is 256 g/mol. The molecule has 0 unspecified atom stereocenters. The van der Waals surface area contributed by atoms with Crippen LogP contribution in [0.4, 0.5) is 11.8 Å². The molecule has 6 heteroatoms. The first kappa shape index (κ1) is 13.8. The Balaban J connectivity index is 2.23. The van der Waals surface area contributed by atoms with E-state index in [1.807, 2.05) is 19.1 Å². The van der Waals surface area contributed by atoms with Crippen molar-refractivity contribution in [2.24, 2.45) is 0 Å². The van der Waals surface area contributed by atoms with Gasteiger partial charge in [0, 0.05) is 18.7 Å². The minimum Gasteiger partial charge on any atom is -0.481 e. The van der Waals surface area contributed by atoms with Crippen LogP contribution in [-0.4, -0.2) is 30.0 Å². The monoisotopic (exact) mass is 272 g/mol. The lowest BCUT2D eigenvalue weighted by Crippen LogP contribution is -2.15. The fraction of sp³-hybridized carbons (Fsp3) is 0.214. The molecule has 1 heterocycles. The van der Waals surface area contributed by atoms with Gasteiger partial charge in [-0.2, -0.15) is 9.97 Å². The van der Waals surface area contributed by atoms with E-state index in [0.717, 1.165) is 5.56 Å². The van der Waals surface area contributed by atoms with Crippen molar-refractivity contribution in [3.05, 3.63) is 41.5 Å². The fourth-order valence-corrected chi connectivity index (χ4v) is 1.67. The second kappa shape index (κ2) is 6.01. The highest BCUT2D eigenvalue weighted by molar-refractivity contribution is 6.03. The zero-order valence-electron chi connectivity index (χ0n) is 11.6. The van der Waals surface area contributed by atoms with Gasteiger partial charge in [-0.05, 0) is 19.1 Å². The van der Waals surface area contributed by atoms with E-state index in [4.69, 9.17) is 4.74 Å². The Bertz CT molecular complexity index is 606. The normalized spacial score (nSPS) is 9.95. The average Bonchev–Trinajstić information content (AvgIpc) is 2.46. The maximum Gasteiger partial charge on any atom is 0.258 e. The van der Waals surface area contributed by atoms with Crippen LogP contribution in [0.2, 0.25) is 0 Å². The summed E-state index contributed by atoms with van der Waals surface area (Å²) in [6.07, 6.45) is 0. The van der Waals surface area contributed by atoms with Gasteiger partial charge in [0.25, 0.3) is 5.91 Å². The largest absolute Gasteiger partial charge is 0.481 e. The number of aromatic nitrogens is 2. The Labute approximate surface area is 117 Å². The molecule has 0 saturated heterocycles. The van der Waals surface area contributed by atoms with Gasteiger partial charge in [0.2, 0.25) is 11.8 Å². The molecule has 1 aromatic heterocycles. The van der Waals surface area contributed by atoms with Crippen LogP contribution in [0.5, 0.6) is 5.88 Å². The number of hydrogen-bond acceptors (Lipinski definition) is 5. The van der Waals surface area contributed by atoms with Crippen molar-refractivity contribution in [3.8, 4) is 5.88 Å². The number of carbonyl (C=O) groups excluding carboxylic acids is 1. The summed E-state index contributed by atoms with van der Waals surface area (Å²) in [5.41, 5.74) is 1.57. The van der Waals surface area contributed by atoms with Crippen molar-refractivity contribution in [2.45, 2.75) is 6.92 Å². The maximum atomic E-state index is 12.1. The molecule has 0 bridgehead atoms. The van der Waals surface area contributed by atoms with Crippen LogP contribution >= 0.6 is 0 Å². The van der Waals surface area contributed by atoms with Crippen LogP contribution in [0, 0.1) is 6.92 Å². The summed E-state index contributed by atoms with van der Waals surface area (Å²) in [4.78, 5) is 20.3. The number of anilines is 2. The second-order valence-electron chi connectivity index (χ2n) is 4.19. The van der Waals surface area contributed by atoms with Gasteiger partial charge in [-0.3, -0.25) is 10.1 Å². The van der Waals surface area contributed by atoms with E-state index in [1.165, 1.54) is 7.11 Å². The van der Waals surface area contributed by atoms with Crippen LogP contribution < -0.4 is 15.4 Å². The van der Waals surface area contributed by atoms with Gasteiger partial charge in [0.15, 0.2) is 0 Å². The van der Waals surface area contributed by atoms with Gasteiger partial charge in [-0.25, -0.2) is 0 Å². The van der Waals surface area contributed by atoms with E-state index >= 15 is 0 Å². The first-order valence-corrected chi connectivity index (χ1v) is 6.11. The van der Waals surface area contributed by atoms with E-state index in [-0.39, 0.29) is 11.9 Å². The Morgan fingerprint density at radius 1 is 1.25 bits per heavy atom. The third-order valence-corrected chi connectivity index (χ3v) is 2.67. The lowest BCUT2D eigenvalue weighted by molar-refractivity contribution is 0.102. The molecule has 104 valence electrons. The number of hydrogen-bond donors (Lipinski definition) is 2. The topological polar surface area (TPSA) is 76.1 Å². The van der Waals surface area contributed by atoms with Crippen molar-refractivity contribution in [1.29, 1.82) is 0 Å².